The first kappa shape index (κ1) is 17.2. The molecule has 26 heavy (non-hydrogen) atoms. The second-order valence-electron chi connectivity index (χ2n) is 6.08. The zero-order valence-corrected chi connectivity index (χ0v) is 16.5. The Balaban J connectivity index is 1.43. The lowest BCUT2D eigenvalue weighted by Crippen LogP contribution is -2.47. The van der Waals surface area contributed by atoms with E-state index in [9.17, 15) is 0 Å². The van der Waals surface area contributed by atoms with E-state index in [1.54, 1.807) is 10.9 Å². The number of aryl methyl sites for hydroxylation is 1. The minimum atomic E-state index is 0.659. The fourth-order valence-electron chi connectivity index (χ4n) is 2.94. The summed E-state index contributed by atoms with van der Waals surface area (Å²) in [5.41, 5.74) is 0.951. The fraction of sp³-hybridized carbons (Fsp3) is 0.294. The van der Waals surface area contributed by atoms with Crippen molar-refractivity contribution in [1.29, 1.82) is 0 Å². The normalized spacial score (nSPS) is 14.7. The van der Waals surface area contributed by atoms with E-state index in [1.807, 2.05) is 37.4 Å². The molecule has 0 aromatic carbocycles. The Morgan fingerprint density at radius 3 is 2.31 bits per heavy atom. The first-order valence-corrected chi connectivity index (χ1v) is 9.44. The fourth-order valence-corrected chi connectivity index (χ4v) is 3.69. The number of piperazine rings is 1. The molecule has 1 saturated heterocycles. The van der Waals surface area contributed by atoms with Gasteiger partial charge in [-0.3, -0.25) is 0 Å². The Morgan fingerprint density at radius 1 is 1.00 bits per heavy atom. The lowest BCUT2D eigenvalue weighted by atomic mass is 10.3. The van der Waals surface area contributed by atoms with E-state index in [2.05, 4.69) is 46.0 Å². The summed E-state index contributed by atoms with van der Waals surface area (Å²) >= 11 is 9.70. The number of rotatable bonds is 3. The van der Waals surface area contributed by atoms with Crippen LogP contribution < -0.4 is 9.80 Å². The van der Waals surface area contributed by atoms with E-state index in [0.717, 1.165) is 48.0 Å². The second kappa shape index (κ2) is 7.20. The van der Waals surface area contributed by atoms with Crippen LogP contribution in [0.15, 0.2) is 41.1 Å². The first-order valence-electron chi connectivity index (χ1n) is 8.27. The Morgan fingerprint density at radius 2 is 1.69 bits per heavy atom. The third-order valence-corrected chi connectivity index (χ3v) is 5.00. The largest absolute Gasteiger partial charge is 0.352 e. The molecule has 3 aromatic rings. The number of aromatic nitrogens is 5. The van der Waals surface area contributed by atoms with E-state index in [1.165, 1.54) is 0 Å². The monoisotopic (exact) mass is 433 g/mol. The van der Waals surface area contributed by atoms with Crippen LogP contribution in [0, 0.1) is 6.92 Å². The Hall–Kier alpha value is -2.19. The summed E-state index contributed by atoms with van der Waals surface area (Å²) in [7, 11) is 0. The molecule has 0 amide bonds. The number of halogens is 2. The van der Waals surface area contributed by atoms with E-state index < -0.39 is 0 Å². The number of nitrogens with zero attached hydrogens (tertiary/aromatic N) is 7. The maximum absolute atomic E-state index is 6.32. The van der Waals surface area contributed by atoms with Gasteiger partial charge in [0, 0.05) is 43.0 Å². The standard InChI is InChI=1S/C17H17BrClN7/c1-12-4-5-26(23-12)16-3-2-15(21-22-16)24-6-8-25(9-7-24)17-14(19)10-13(18)11-20-17/h2-5,10-11H,6-9H2,1H3. The van der Waals surface area contributed by atoms with Gasteiger partial charge in [-0.15, -0.1) is 10.2 Å². The molecule has 0 aliphatic carbocycles. The molecule has 0 bridgehead atoms. The molecule has 1 aliphatic rings. The third-order valence-electron chi connectivity index (χ3n) is 4.29. The van der Waals surface area contributed by atoms with Gasteiger partial charge in [-0.25, -0.2) is 9.67 Å². The maximum atomic E-state index is 6.32. The summed E-state index contributed by atoms with van der Waals surface area (Å²) in [5, 5.41) is 13.7. The van der Waals surface area contributed by atoms with Crippen molar-refractivity contribution in [3.05, 3.63) is 51.8 Å². The number of hydrogen-bond acceptors (Lipinski definition) is 6. The molecule has 9 heteroatoms. The molecule has 3 aromatic heterocycles. The smallest absolute Gasteiger partial charge is 0.175 e. The van der Waals surface area contributed by atoms with Crippen LogP contribution in [0.2, 0.25) is 5.02 Å². The maximum Gasteiger partial charge on any atom is 0.175 e. The summed E-state index contributed by atoms with van der Waals surface area (Å²) in [6.45, 7) is 5.28. The summed E-state index contributed by atoms with van der Waals surface area (Å²) in [6.07, 6.45) is 3.65. The molecule has 4 rings (SSSR count). The molecule has 0 atom stereocenters. The van der Waals surface area contributed by atoms with Gasteiger partial charge < -0.3 is 9.80 Å². The molecule has 7 nitrogen and oxygen atoms in total. The number of hydrogen-bond donors (Lipinski definition) is 0. The Bertz CT molecular complexity index is 904. The average molecular weight is 435 g/mol. The predicted octanol–water partition coefficient (Wildman–Crippen LogP) is 3.11. The molecular formula is C17H17BrClN7. The van der Waals surface area contributed by atoms with Gasteiger partial charge in [-0.05, 0) is 47.1 Å². The highest BCUT2D eigenvalue weighted by Gasteiger charge is 2.21. The van der Waals surface area contributed by atoms with Crippen LogP contribution in [0.1, 0.15) is 5.69 Å². The highest BCUT2D eigenvalue weighted by Crippen LogP contribution is 2.27. The molecule has 1 fully saturated rings. The Labute approximate surface area is 164 Å². The van der Waals surface area contributed by atoms with Gasteiger partial charge in [0.05, 0.1) is 10.7 Å². The van der Waals surface area contributed by atoms with Crippen molar-refractivity contribution in [1.82, 2.24) is 25.0 Å². The van der Waals surface area contributed by atoms with Crippen molar-refractivity contribution in [2.24, 2.45) is 0 Å². The first-order chi connectivity index (χ1) is 12.6. The van der Waals surface area contributed by atoms with Crippen molar-refractivity contribution in [3.8, 4) is 5.82 Å². The van der Waals surface area contributed by atoms with Crippen LogP contribution in [0.25, 0.3) is 5.82 Å². The average Bonchev–Trinajstić information content (AvgIpc) is 3.09. The van der Waals surface area contributed by atoms with Crippen molar-refractivity contribution in [3.63, 3.8) is 0 Å². The predicted molar refractivity (Wildman–Crippen MR) is 105 cm³/mol. The van der Waals surface area contributed by atoms with Crippen LogP contribution in [-0.2, 0) is 0 Å². The van der Waals surface area contributed by atoms with Gasteiger partial charge in [-0.2, -0.15) is 5.10 Å². The van der Waals surface area contributed by atoms with Crippen molar-refractivity contribution < 1.29 is 0 Å². The van der Waals surface area contributed by atoms with E-state index in [4.69, 9.17) is 11.6 Å². The van der Waals surface area contributed by atoms with Crippen molar-refractivity contribution in [2.75, 3.05) is 36.0 Å². The zero-order valence-electron chi connectivity index (χ0n) is 14.2. The molecule has 1 aliphatic heterocycles. The van der Waals surface area contributed by atoms with Gasteiger partial charge in [0.2, 0.25) is 0 Å². The molecule has 0 unspecified atom stereocenters. The SMILES string of the molecule is Cc1ccn(-c2ccc(N3CCN(c4ncc(Br)cc4Cl)CC3)nn2)n1. The highest BCUT2D eigenvalue weighted by atomic mass is 79.9. The van der Waals surface area contributed by atoms with Crippen LogP contribution in [-0.4, -0.2) is 51.1 Å². The van der Waals surface area contributed by atoms with Crippen LogP contribution in [0.3, 0.4) is 0 Å². The summed E-state index contributed by atoms with van der Waals surface area (Å²) in [5.74, 6) is 2.41. The molecule has 0 radical (unpaired) electrons. The molecule has 0 N–H and O–H groups in total. The van der Waals surface area contributed by atoms with Gasteiger partial charge in [0.15, 0.2) is 11.6 Å². The summed E-state index contributed by atoms with van der Waals surface area (Å²) in [6, 6.07) is 7.74. The van der Waals surface area contributed by atoms with Gasteiger partial charge in [-0.1, -0.05) is 11.6 Å². The lowest BCUT2D eigenvalue weighted by Gasteiger charge is -2.36. The van der Waals surface area contributed by atoms with Crippen LogP contribution in [0.5, 0.6) is 0 Å². The van der Waals surface area contributed by atoms with E-state index in [0.29, 0.717) is 10.8 Å². The molecule has 0 saturated carbocycles. The molecule has 4 heterocycles. The molecule has 0 spiro atoms. The van der Waals surface area contributed by atoms with Gasteiger partial charge >= 0.3 is 0 Å². The third kappa shape index (κ3) is 3.52. The van der Waals surface area contributed by atoms with E-state index in [-0.39, 0.29) is 0 Å². The van der Waals surface area contributed by atoms with Gasteiger partial charge in [0.1, 0.15) is 5.82 Å². The second-order valence-corrected chi connectivity index (χ2v) is 7.41. The van der Waals surface area contributed by atoms with Crippen molar-refractivity contribution in [2.45, 2.75) is 6.92 Å². The van der Waals surface area contributed by atoms with E-state index >= 15 is 0 Å². The number of pyridine rings is 1. The summed E-state index contributed by atoms with van der Waals surface area (Å²) in [4.78, 5) is 8.85. The summed E-state index contributed by atoms with van der Waals surface area (Å²) < 4.78 is 2.61. The minimum Gasteiger partial charge on any atom is -0.352 e. The Kier molecular flexibility index (Phi) is 4.78. The van der Waals surface area contributed by atoms with Crippen LogP contribution in [0.4, 0.5) is 11.6 Å². The highest BCUT2D eigenvalue weighted by molar-refractivity contribution is 9.10. The minimum absolute atomic E-state index is 0.659. The quantitative estimate of drug-likeness (QED) is 0.631. The van der Waals surface area contributed by atoms with Gasteiger partial charge in [0.25, 0.3) is 0 Å². The van der Waals surface area contributed by atoms with Crippen LogP contribution >= 0.6 is 27.5 Å². The molecular weight excluding hydrogens is 418 g/mol. The lowest BCUT2D eigenvalue weighted by molar-refractivity contribution is 0.637. The van der Waals surface area contributed by atoms with Crippen molar-refractivity contribution >= 4 is 39.2 Å². The molecule has 134 valence electrons. The topological polar surface area (TPSA) is 63.0 Å². The zero-order chi connectivity index (χ0) is 18.1. The number of anilines is 2.